The number of halogens is 1. The van der Waals surface area contributed by atoms with E-state index >= 15 is 0 Å². The number of hydrogen-bond donors (Lipinski definition) is 5. The summed E-state index contributed by atoms with van der Waals surface area (Å²) in [4.78, 5) is 102. The Morgan fingerprint density at radius 2 is 1.71 bits per heavy atom. The third-order valence-electron chi connectivity index (χ3n) is 11.6. The molecule has 3 rings (SSSR count). The molecule has 376 valence electrons. The van der Waals surface area contributed by atoms with Gasteiger partial charge < -0.3 is 41.2 Å². The lowest BCUT2D eigenvalue weighted by Crippen LogP contribution is -2.52. The minimum Gasteiger partial charge on any atom is -0.490 e. The molecule has 1 saturated heterocycles. The maximum absolute atomic E-state index is 13.3. The van der Waals surface area contributed by atoms with Gasteiger partial charge in [0.25, 0.3) is 0 Å². The first kappa shape index (κ1) is 57.0. The van der Waals surface area contributed by atoms with Crippen molar-refractivity contribution < 1.29 is 52.6 Å². The molecule has 5 atom stereocenters. The minimum absolute atomic E-state index is 0.0506. The molecular weight excluding hydrogens is 916 g/mol. The molecule has 1 aliphatic carbocycles. The third-order valence-corrected chi connectivity index (χ3v) is 13.0. The van der Waals surface area contributed by atoms with Crippen LogP contribution in [0.3, 0.4) is 0 Å². The predicted octanol–water partition coefficient (Wildman–Crippen LogP) is 5.75. The Bertz CT molecular complexity index is 1980. The largest absolute Gasteiger partial charge is 0.490 e. The Kier molecular flexibility index (Phi) is 24.2. The van der Waals surface area contributed by atoms with Crippen LogP contribution in [0.25, 0.3) is 0 Å². The number of nitrogens with one attached hydrogen (secondary N) is 4. The molecule has 17 nitrogen and oxygen atoms in total. The lowest BCUT2D eigenvalue weighted by Gasteiger charge is -2.29. The van der Waals surface area contributed by atoms with Crippen molar-refractivity contribution in [1.29, 1.82) is 0 Å². The number of thioether (sulfide) groups is 1. The zero-order chi connectivity index (χ0) is 50.4. The van der Waals surface area contributed by atoms with Gasteiger partial charge in [0.2, 0.25) is 35.4 Å². The number of ether oxygens (including phenoxy) is 3. The van der Waals surface area contributed by atoms with Crippen molar-refractivity contribution in [3.05, 3.63) is 71.2 Å². The highest BCUT2D eigenvalue weighted by atomic mass is 35.5. The van der Waals surface area contributed by atoms with E-state index in [0.29, 0.717) is 56.0 Å². The van der Waals surface area contributed by atoms with Gasteiger partial charge in [-0.2, -0.15) is 0 Å². The number of primary amides is 1. The van der Waals surface area contributed by atoms with Crippen molar-refractivity contribution in [2.45, 2.75) is 129 Å². The number of cyclic esters (lactones) is 1. The second-order valence-corrected chi connectivity index (χ2v) is 20.3. The minimum atomic E-state index is -0.885. The van der Waals surface area contributed by atoms with Gasteiger partial charge in [-0.3, -0.25) is 33.7 Å². The fourth-order valence-corrected chi connectivity index (χ4v) is 8.91. The van der Waals surface area contributed by atoms with Gasteiger partial charge in [0, 0.05) is 80.4 Å². The summed E-state index contributed by atoms with van der Waals surface area (Å²) in [6.45, 7) is 11.9. The van der Waals surface area contributed by atoms with Crippen molar-refractivity contribution in [3.63, 3.8) is 0 Å². The average molecular weight is 988 g/mol. The Labute approximate surface area is 409 Å². The lowest BCUT2D eigenvalue weighted by molar-refractivity contribution is -0.151. The summed E-state index contributed by atoms with van der Waals surface area (Å²) >= 11 is 7.35. The van der Waals surface area contributed by atoms with E-state index < -0.39 is 46.7 Å². The number of esters is 1. The van der Waals surface area contributed by atoms with E-state index in [0.717, 1.165) is 18.4 Å². The topological polar surface area (TPSA) is 242 Å². The number of likely N-dealkylation sites (tertiary alicyclic amines) is 1. The Balaban J connectivity index is 1.36. The molecule has 0 aromatic heterocycles. The molecular formula is C49H71ClN6O11S. The van der Waals surface area contributed by atoms with Crippen LogP contribution in [0.1, 0.15) is 106 Å². The van der Waals surface area contributed by atoms with Crippen LogP contribution in [0.5, 0.6) is 0 Å². The summed E-state index contributed by atoms with van der Waals surface area (Å²) in [7, 11) is 1.43. The zero-order valence-corrected chi connectivity index (χ0v) is 42.0. The Morgan fingerprint density at radius 1 is 1.01 bits per heavy atom. The van der Waals surface area contributed by atoms with E-state index in [-0.39, 0.29) is 79.1 Å². The van der Waals surface area contributed by atoms with Crippen molar-refractivity contribution >= 4 is 70.9 Å². The van der Waals surface area contributed by atoms with Gasteiger partial charge in [-0.05, 0) is 69.6 Å². The highest BCUT2D eigenvalue weighted by Crippen LogP contribution is 2.32. The summed E-state index contributed by atoms with van der Waals surface area (Å²) in [5.74, 6) is -1.79. The normalized spacial score (nSPS) is 21.9. The van der Waals surface area contributed by atoms with Gasteiger partial charge >= 0.3 is 12.1 Å². The third kappa shape index (κ3) is 20.5. The molecule has 0 radical (unpaired) electrons. The summed E-state index contributed by atoms with van der Waals surface area (Å²) in [5.41, 5.74) is 5.69. The van der Waals surface area contributed by atoms with Gasteiger partial charge in [-0.25, -0.2) is 9.59 Å². The summed E-state index contributed by atoms with van der Waals surface area (Å²) in [5, 5.41) is 11.0. The number of nitrogens with two attached hydrogens (primary N) is 1. The number of nitrogens with zero attached hydrogens (tertiary/aromatic N) is 1. The van der Waals surface area contributed by atoms with Crippen LogP contribution in [-0.4, -0.2) is 108 Å². The second-order valence-electron chi connectivity index (χ2n) is 18.4. The molecule has 68 heavy (non-hydrogen) atoms. The van der Waals surface area contributed by atoms with E-state index in [1.165, 1.54) is 36.0 Å². The number of methoxy groups -OCH3 is 1. The first-order valence-electron chi connectivity index (χ1n) is 23.2. The van der Waals surface area contributed by atoms with Crippen molar-refractivity contribution in [1.82, 2.24) is 26.2 Å². The molecule has 1 unspecified atom stereocenters. The number of allylic oxidation sites excluding steroid dienone is 5. The highest BCUT2D eigenvalue weighted by molar-refractivity contribution is 8.00. The van der Waals surface area contributed by atoms with Crippen molar-refractivity contribution in [3.8, 4) is 0 Å². The number of rotatable bonds is 25. The van der Waals surface area contributed by atoms with Crippen LogP contribution < -0.4 is 27.0 Å². The van der Waals surface area contributed by atoms with E-state index in [1.54, 1.807) is 37.3 Å². The molecule has 2 aliphatic heterocycles. The molecule has 0 bridgehead atoms. The van der Waals surface area contributed by atoms with Crippen LogP contribution >= 0.6 is 23.4 Å². The first-order chi connectivity index (χ1) is 32.2. The molecule has 6 N–H and O–H groups in total. The van der Waals surface area contributed by atoms with E-state index in [4.69, 9.17) is 31.5 Å². The Morgan fingerprint density at radius 3 is 2.35 bits per heavy atom. The summed E-state index contributed by atoms with van der Waals surface area (Å²) < 4.78 is 16.1. The molecule has 0 aromatic rings. The fourth-order valence-electron chi connectivity index (χ4n) is 7.71. The number of carbonyl (C=O) groups is 8. The molecule has 2 heterocycles. The number of hydrogen-bond acceptors (Lipinski definition) is 12. The summed E-state index contributed by atoms with van der Waals surface area (Å²) in [6, 6.07) is -0.885. The van der Waals surface area contributed by atoms with Crippen LogP contribution in [0.2, 0.25) is 0 Å². The average Bonchev–Trinajstić information content (AvgIpc) is 3.54. The molecule has 7 amide bonds. The smallest absolute Gasteiger partial charge is 0.407 e. The molecule has 1 saturated carbocycles. The lowest BCUT2D eigenvalue weighted by atomic mass is 9.81. The molecule has 0 aromatic carbocycles. The standard InChI is InChI=1S/C49H71ClN6O11S/c1-31(28-32(2)37-21-22-38(65-7)47(63)67-37)12-8-9-14-41(58)55-43(49(4,5)6)45(61)53-24-10-13-36(20-15-33(3)50)66-48(64)54-26-11-25-52-40(57)23-27-68-39-29-42(59)56(46(39)62)30-34-16-18-35(19-17-34)44(51)60/h8-10,12,14-15,22,24,28,32,34-37,39,43H,11,13,16-21,23,25-27,29-30H2,1-7H3,(H2,51,60)(H,52,57)(H,53,61)(H,54,64)(H,55,58)/b12-8-,14-9-,24-10-,31-28+,33-15+/t32-,34?,35?,36+,37-,39?,43+/m0/s1. The summed E-state index contributed by atoms with van der Waals surface area (Å²) in [6.07, 6.45) is 18.0. The predicted molar refractivity (Wildman–Crippen MR) is 261 cm³/mol. The van der Waals surface area contributed by atoms with Gasteiger partial charge in [0.05, 0.1) is 12.4 Å². The monoisotopic (exact) mass is 986 g/mol. The SMILES string of the molecule is COC1=CC[C@@H]([C@@H](C)/C=C(C)/C=C\C=C/C(=O)N[C@H](C(=O)N/C=C\C[C@H](C/C=C(\C)Cl)OC(=O)NCCCNC(=O)CCSC2CC(=O)N(CC3CCC(C(N)=O)CC3)C2=O)C(C)(C)C)OC1=O. The van der Waals surface area contributed by atoms with Gasteiger partial charge in [-0.15, -0.1) is 11.8 Å². The van der Waals surface area contributed by atoms with Gasteiger partial charge in [0.1, 0.15) is 18.2 Å². The number of alkyl carbamates (subject to hydrolysis) is 1. The van der Waals surface area contributed by atoms with Crippen molar-refractivity contribution in [2.75, 3.05) is 32.5 Å². The van der Waals surface area contributed by atoms with Crippen LogP contribution in [0.15, 0.2) is 71.2 Å². The second kappa shape index (κ2) is 28.8. The van der Waals surface area contributed by atoms with Crippen LogP contribution in [0, 0.1) is 23.2 Å². The Hall–Kier alpha value is -5.36. The molecule has 2 fully saturated rings. The number of amides is 7. The van der Waals surface area contributed by atoms with Crippen LogP contribution in [-0.2, 0) is 47.8 Å². The maximum atomic E-state index is 13.3. The molecule has 0 spiro atoms. The van der Waals surface area contributed by atoms with Gasteiger partial charge in [-0.1, -0.05) is 81.3 Å². The number of imide groups is 1. The van der Waals surface area contributed by atoms with E-state index in [9.17, 15) is 38.4 Å². The van der Waals surface area contributed by atoms with E-state index in [2.05, 4.69) is 21.3 Å². The fraction of sp³-hybridized carbons (Fsp3) is 0.592. The van der Waals surface area contributed by atoms with Crippen molar-refractivity contribution in [2.24, 2.45) is 28.9 Å². The van der Waals surface area contributed by atoms with E-state index in [1.807, 2.05) is 46.8 Å². The quantitative estimate of drug-likeness (QED) is 0.0242. The zero-order valence-electron chi connectivity index (χ0n) is 40.4. The first-order valence-corrected chi connectivity index (χ1v) is 24.6. The maximum Gasteiger partial charge on any atom is 0.407 e. The van der Waals surface area contributed by atoms with Crippen LogP contribution in [0.4, 0.5) is 4.79 Å². The molecule has 19 heteroatoms. The number of carbonyl (C=O) groups excluding carboxylic acids is 8. The molecule has 3 aliphatic rings. The highest BCUT2D eigenvalue weighted by Gasteiger charge is 2.40. The van der Waals surface area contributed by atoms with Gasteiger partial charge in [0.15, 0.2) is 5.76 Å².